The molecule has 6 heteroatoms. The first kappa shape index (κ1) is 14.9. The number of piperidine rings is 1. The zero-order valence-corrected chi connectivity index (χ0v) is 12.3. The molecule has 0 bridgehead atoms. The van der Waals surface area contributed by atoms with Crippen LogP contribution >= 0.6 is 12.2 Å². The van der Waals surface area contributed by atoms with E-state index in [1.54, 1.807) is 12.1 Å². The molecule has 0 aliphatic carbocycles. The van der Waals surface area contributed by atoms with Crippen molar-refractivity contribution in [2.24, 2.45) is 11.7 Å². The normalized spacial score (nSPS) is 18.6. The van der Waals surface area contributed by atoms with Gasteiger partial charge in [-0.1, -0.05) is 31.3 Å². The molecule has 1 saturated heterocycles. The minimum atomic E-state index is -0.401. The summed E-state index contributed by atoms with van der Waals surface area (Å²) in [5.41, 5.74) is 6.90. The van der Waals surface area contributed by atoms with E-state index < -0.39 is 4.92 Å². The Hall–Kier alpha value is -1.53. The minimum absolute atomic E-state index is 0.0858. The second-order valence-corrected chi connectivity index (χ2v) is 5.84. The molecule has 2 rings (SSSR count). The van der Waals surface area contributed by atoms with Crippen molar-refractivity contribution in [3.63, 3.8) is 0 Å². The molecule has 1 aromatic carbocycles. The standard InChI is InChI=1S/C14H19N3O2S/c1-10-6-8-16(9-7-10)13(14(15)20)11-2-4-12(5-3-11)17(18)19/h2-5,10,13H,6-9H2,1H3,(H2,15,20). The van der Waals surface area contributed by atoms with Gasteiger partial charge in [0.15, 0.2) is 0 Å². The topological polar surface area (TPSA) is 72.4 Å². The van der Waals surface area contributed by atoms with Gasteiger partial charge in [-0.15, -0.1) is 0 Å². The molecule has 0 aromatic heterocycles. The Kier molecular flexibility index (Phi) is 4.67. The Balaban J connectivity index is 2.20. The summed E-state index contributed by atoms with van der Waals surface area (Å²) in [6.07, 6.45) is 2.26. The van der Waals surface area contributed by atoms with E-state index in [0.29, 0.717) is 4.99 Å². The molecule has 1 fully saturated rings. The first-order valence-electron chi connectivity index (χ1n) is 6.76. The average Bonchev–Trinajstić information content (AvgIpc) is 2.41. The number of nitro benzene ring substituents is 1. The number of hydrogen-bond donors (Lipinski definition) is 1. The largest absolute Gasteiger partial charge is 0.392 e. The monoisotopic (exact) mass is 293 g/mol. The van der Waals surface area contributed by atoms with Crippen LogP contribution in [0, 0.1) is 16.0 Å². The van der Waals surface area contributed by atoms with Crippen molar-refractivity contribution in [3.8, 4) is 0 Å². The average molecular weight is 293 g/mol. The van der Waals surface area contributed by atoms with Crippen LogP contribution < -0.4 is 5.73 Å². The molecule has 0 saturated carbocycles. The number of non-ortho nitro benzene ring substituents is 1. The maximum Gasteiger partial charge on any atom is 0.269 e. The van der Waals surface area contributed by atoms with Gasteiger partial charge in [0.1, 0.15) is 0 Å². The fraction of sp³-hybridized carbons (Fsp3) is 0.500. The Morgan fingerprint density at radius 1 is 1.40 bits per heavy atom. The molecule has 20 heavy (non-hydrogen) atoms. The number of nitro groups is 1. The third-order valence-corrected chi connectivity index (χ3v) is 4.10. The summed E-state index contributed by atoms with van der Waals surface area (Å²) in [5.74, 6) is 0.732. The number of rotatable bonds is 4. The Bertz CT molecular complexity index is 496. The number of thiocarbonyl (C=S) groups is 1. The molecule has 1 heterocycles. The maximum absolute atomic E-state index is 10.7. The molecular weight excluding hydrogens is 274 g/mol. The molecule has 1 aliphatic heterocycles. The summed E-state index contributed by atoms with van der Waals surface area (Å²) in [6, 6.07) is 6.39. The number of hydrogen-bond acceptors (Lipinski definition) is 4. The Morgan fingerprint density at radius 2 is 1.95 bits per heavy atom. The fourth-order valence-corrected chi connectivity index (χ4v) is 2.91. The molecule has 108 valence electrons. The number of benzene rings is 1. The van der Waals surface area contributed by atoms with E-state index in [9.17, 15) is 10.1 Å². The van der Waals surface area contributed by atoms with E-state index in [1.165, 1.54) is 12.1 Å². The van der Waals surface area contributed by atoms with Gasteiger partial charge in [-0.05, 0) is 37.4 Å². The van der Waals surface area contributed by atoms with Gasteiger partial charge in [-0.25, -0.2) is 0 Å². The highest BCUT2D eigenvalue weighted by Gasteiger charge is 2.26. The highest BCUT2D eigenvalue weighted by Crippen LogP contribution is 2.28. The van der Waals surface area contributed by atoms with Crippen molar-refractivity contribution < 1.29 is 4.92 Å². The second-order valence-electron chi connectivity index (χ2n) is 5.37. The predicted octanol–water partition coefficient (Wildman–Crippen LogP) is 2.65. The third-order valence-electron chi connectivity index (χ3n) is 3.87. The van der Waals surface area contributed by atoms with Crippen LogP contribution in [0.4, 0.5) is 5.69 Å². The molecule has 1 unspecified atom stereocenters. The molecule has 1 atom stereocenters. The zero-order valence-electron chi connectivity index (χ0n) is 11.5. The van der Waals surface area contributed by atoms with Crippen LogP contribution in [0.1, 0.15) is 31.4 Å². The summed E-state index contributed by atoms with van der Waals surface area (Å²) in [5, 5.41) is 10.7. The number of likely N-dealkylation sites (tertiary alicyclic amines) is 1. The summed E-state index contributed by atoms with van der Waals surface area (Å²) < 4.78 is 0. The van der Waals surface area contributed by atoms with Crippen molar-refractivity contribution in [2.45, 2.75) is 25.8 Å². The summed E-state index contributed by atoms with van der Waals surface area (Å²) >= 11 is 5.20. The van der Waals surface area contributed by atoms with E-state index in [4.69, 9.17) is 18.0 Å². The highest BCUT2D eigenvalue weighted by molar-refractivity contribution is 7.80. The van der Waals surface area contributed by atoms with Crippen LogP contribution in [-0.4, -0.2) is 27.9 Å². The lowest BCUT2D eigenvalue weighted by Crippen LogP contribution is -2.41. The van der Waals surface area contributed by atoms with Crippen molar-refractivity contribution in [1.29, 1.82) is 0 Å². The van der Waals surface area contributed by atoms with Gasteiger partial charge in [-0.3, -0.25) is 15.0 Å². The second kappa shape index (κ2) is 6.28. The molecule has 5 nitrogen and oxygen atoms in total. The smallest absolute Gasteiger partial charge is 0.269 e. The molecule has 1 aromatic rings. The van der Waals surface area contributed by atoms with Crippen LogP contribution in [-0.2, 0) is 0 Å². The SMILES string of the molecule is CC1CCN(C(C(N)=S)c2ccc([N+](=O)[O-])cc2)CC1. The summed E-state index contributed by atoms with van der Waals surface area (Å²) in [7, 11) is 0. The van der Waals surface area contributed by atoms with E-state index in [2.05, 4.69) is 11.8 Å². The van der Waals surface area contributed by atoms with Crippen LogP contribution in [0.2, 0.25) is 0 Å². The molecule has 0 radical (unpaired) electrons. The molecule has 1 aliphatic rings. The van der Waals surface area contributed by atoms with Gasteiger partial charge >= 0.3 is 0 Å². The summed E-state index contributed by atoms with van der Waals surface area (Å²) in [6.45, 7) is 4.17. The predicted molar refractivity (Wildman–Crippen MR) is 82.6 cm³/mol. The lowest BCUT2D eigenvalue weighted by molar-refractivity contribution is -0.384. The van der Waals surface area contributed by atoms with E-state index in [-0.39, 0.29) is 11.7 Å². The quantitative estimate of drug-likeness (QED) is 0.525. The number of nitrogens with two attached hydrogens (primary N) is 1. The zero-order chi connectivity index (χ0) is 14.7. The highest BCUT2D eigenvalue weighted by atomic mass is 32.1. The van der Waals surface area contributed by atoms with Gasteiger partial charge in [0, 0.05) is 12.1 Å². The fourth-order valence-electron chi connectivity index (χ4n) is 2.62. The van der Waals surface area contributed by atoms with E-state index >= 15 is 0 Å². The van der Waals surface area contributed by atoms with Crippen LogP contribution in [0.15, 0.2) is 24.3 Å². The van der Waals surface area contributed by atoms with Gasteiger partial charge < -0.3 is 5.73 Å². The van der Waals surface area contributed by atoms with Crippen LogP contribution in [0.3, 0.4) is 0 Å². The lowest BCUT2D eigenvalue weighted by Gasteiger charge is -2.36. The first-order chi connectivity index (χ1) is 9.49. The lowest BCUT2D eigenvalue weighted by atomic mass is 9.95. The first-order valence-corrected chi connectivity index (χ1v) is 7.17. The van der Waals surface area contributed by atoms with Gasteiger partial charge in [0.05, 0.1) is 16.0 Å². The minimum Gasteiger partial charge on any atom is -0.392 e. The van der Waals surface area contributed by atoms with Crippen molar-refractivity contribution >= 4 is 22.9 Å². The molecule has 2 N–H and O–H groups in total. The van der Waals surface area contributed by atoms with Crippen LogP contribution in [0.25, 0.3) is 0 Å². The van der Waals surface area contributed by atoms with E-state index in [0.717, 1.165) is 37.4 Å². The van der Waals surface area contributed by atoms with Crippen LogP contribution in [0.5, 0.6) is 0 Å². The Morgan fingerprint density at radius 3 is 2.40 bits per heavy atom. The van der Waals surface area contributed by atoms with Crippen molar-refractivity contribution in [3.05, 3.63) is 39.9 Å². The van der Waals surface area contributed by atoms with Crippen molar-refractivity contribution in [2.75, 3.05) is 13.1 Å². The molecule has 0 spiro atoms. The van der Waals surface area contributed by atoms with Gasteiger partial charge in [-0.2, -0.15) is 0 Å². The molecular formula is C14H19N3O2S. The summed E-state index contributed by atoms with van der Waals surface area (Å²) in [4.78, 5) is 13.0. The van der Waals surface area contributed by atoms with Gasteiger partial charge in [0.25, 0.3) is 5.69 Å². The Labute approximate surface area is 123 Å². The van der Waals surface area contributed by atoms with Gasteiger partial charge in [0.2, 0.25) is 0 Å². The van der Waals surface area contributed by atoms with Crippen molar-refractivity contribution in [1.82, 2.24) is 4.90 Å². The third kappa shape index (κ3) is 3.32. The number of nitrogens with zero attached hydrogens (tertiary/aromatic N) is 2. The molecule has 0 amide bonds. The van der Waals surface area contributed by atoms with E-state index in [1.807, 2.05) is 0 Å². The maximum atomic E-state index is 10.7.